The molecule has 0 spiro atoms. The Morgan fingerprint density at radius 1 is 1.17 bits per heavy atom. The molecule has 0 atom stereocenters. The minimum absolute atomic E-state index is 0.105. The number of imide groups is 1. The lowest BCUT2D eigenvalue weighted by molar-refractivity contribution is 0.0629. The van der Waals surface area contributed by atoms with E-state index in [1.165, 1.54) is 17.7 Å². The normalized spacial score (nSPS) is 19.7. The summed E-state index contributed by atoms with van der Waals surface area (Å²) in [7, 11) is 0. The molecule has 2 aliphatic rings. The van der Waals surface area contributed by atoms with Gasteiger partial charge in [0.25, 0.3) is 11.8 Å². The summed E-state index contributed by atoms with van der Waals surface area (Å²) in [5.41, 5.74) is 1.17. The Labute approximate surface area is 120 Å². The first-order valence-corrected chi connectivity index (χ1v) is 7.41. The Morgan fingerprint density at radius 3 is 2.56 bits per heavy atom. The fourth-order valence-electron chi connectivity index (χ4n) is 2.91. The van der Waals surface area contributed by atoms with Gasteiger partial charge in [-0.2, -0.15) is 0 Å². The highest BCUT2D eigenvalue weighted by Gasteiger charge is 2.38. The van der Waals surface area contributed by atoms with Crippen LogP contribution >= 0.6 is 22.6 Å². The van der Waals surface area contributed by atoms with E-state index in [0.29, 0.717) is 23.6 Å². The molecule has 1 heterocycles. The molecule has 2 amide bonds. The van der Waals surface area contributed by atoms with Crippen molar-refractivity contribution in [2.45, 2.75) is 25.7 Å². The lowest BCUT2D eigenvalue weighted by atomic mass is 10.1. The first-order chi connectivity index (χ1) is 8.68. The largest absolute Gasteiger partial charge is 0.274 e. The van der Waals surface area contributed by atoms with Crippen LogP contribution in [0, 0.1) is 9.49 Å². The number of fused-ring (bicyclic) bond motifs is 1. The number of hydrogen-bond acceptors (Lipinski definition) is 2. The first-order valence-electron chi connectivity index (χ1n) is 6.33. The molecular weight excluding hydrogens is 341 g/mol. The van der Waals surface area contributed by atoms with Crippen LogP contribution in [0.3, 0.4) is 0 Å². The summed E-state index contributed by atoms with van der Waals surface area (Å²) >= 11 is 2.13. The third-order valence-corrected chi connectivity index (χ3v) is 4.76. The van der Waals surface area contributed by atoms with E-state index in [-0.39, 0.29) is 11.8 Å². The summed E-state index contributed by atoms with van der Waals surface area (Å²) < 4.78 is 0.873. The minimum Gasteiger partial charge on any atom is -0.274 e. The average molecular weight is 355 g/mol. The summed E-state index contributed by atoms with van der Waals surface area (Å²) in [5.74, 6) is 0.289. The molecule has 3 nitrogen and oxygen atoms in total. The number of carbonyl (C=O) groups excluding carboxylic acids is 2. The van der Waals surface area contributed by atoms with Crippen molar-refractivity contribution in [1.29, 1.82) is 0 Å². The van der Waals surface area contributed by atoms with Gasteiger partial charge < -0.3 is 0 Å². The van der Waals surface area contributed by atoms with Gasteiger partial charge in [-0.1, -0.05) is 18.9 Å². The zero-order valence-corrected chi connectivity index (χ0v) is 12.1. The molecule has 0 unspecified atom stereocenters. The summed E-state index contributed by atoms with van der Waals surface area (Å²) in [4.78, 5) is 26.0. The third kappa shape index (κ3) is 1.86. The van der Waals surface area contributed by atoms with E-state index in [4.69, 9.17) is 0 Å². The van der Waals surface area contributed by atoms with E-state index in [1.54, 1.807) is 6.07 Å². The predicted octanol–water partition coefficient (Wildman–Crippen LogP) is 3.08. The van der Waals surface area contributed by atoms with E-state index >= 15 is 0 Å². The molecule has 1 aliphatic heterocycles. The van der Waals surface area contributed by atoms with E-state index < -0.39 is 0 Å². The standard InChI is InChI=1S/C14H14INO2/c15-11-7-3-6-10-12(11)14(18)16(13(10)17)8-9-4-1-2-5-9/h3,6-7,9H,1-2,4-5,8H2. The van der Waals surface area contributed by atoms with Crippen molar-refractivity contribution < 1.29 is 9.59 Å². The van der Waals surface area contributed by atoms with E-state index in [1.807, 2.05) is 12.1 Å². The monoisotopic (exact) mass is 355 g/mol. The maximum absolute atomic E-state index is 12.3. The van der Waals surface area contributed by atoms with Crippen LogP contribution in [0.5, 0.6) is 0 Å². The molecule has 0 bridgehead atoms. The highest BCUT2D eigenvalue weighted by Crippen LogP contribution is 2.31. The molecule has 18 heavy (non-hydrogen) atoms. The van der Waals surface area contributed by atoms with Gasteiger partial charge in [-0.15, -0.1) is 0 Å². The van der Waals surface area contributed by atoms with Crippen LogP contribution in [-0.4, -0.2) is 23.3 Å². The number of halogens is 1. The van der Waals surface area contributed by atoms with Gasteiger partial charge in [-0.05, 0) is 53.5 Å². The molecule has 4 heteroatoms. The van der Waals surface area contributed by atoms with Crippen LogP contribution in [0.1, 0.15) is 46.4 Å². The van der Waals surface area contributed by atoms with Crippen molar-refractivity contribution in [2.24, 2.45) is 5.92 Å². The van der Waals surface area contributed by atoms with Gasteiger partial charge in [0, 0.05) is 10.1 Å². The second kappa shape index (κ2) is 4.64. The second-order valence-electron chi connectivity index (χ2n) is 5.03. The van der Waals surface area contributed by atoms with Crippen molar-refractivity contribution in [3.8, 4) is 0 Å². The lowest BCUT2D eigenvalue weighted by Crippen LogP contribution is -2.34. The minimum atomic E-state index is -0.111. The molecule has 1 aromatic carbocycles. The van der Waals surface area contributed by atoms with Gasteiger partial charge in [0.2, 0.25) is 0 Å². The number of hydrogen-bond donors (Lipinski definition) is 0. The summed E-state index contributed by atoms with van der Waals surface area (Å²) in [6.07, 6.45) is 4.74. The quantitative estimate of drug-likeness (QED) is 0.604. The van der Waals surface area contributed by atoms with Crippen LogP contribution in [0.25, 0.3) is 0 Å². The van der Waals surface area contributed by atoms with Crippen molar-refractivity contribution in [3.63, 3.8) is 0 Å². The Kier molecular flexibility index (Phi) is 3.13. The van der Waals surface area contributed by atoms with E-state index in [2.05, 4.69) is 22.6 Å². The van der Waals surface area contributed by atoms with Gasteiger partial charge in [0.05, 0.1) is 11.1 Å². The molecule has 0 N–H and O–H groups in total. The molecular formula is C14H14INO2. The van der Waals surface area contributed by atoms with Gasteiger partial charge >= 0.3 is 0 Å². The number of benzene rings is 1. The number of carbonyl (C=O) groups is 2. The molecule has 1 saturated carbocycles. The lowest BCUT2D eigenvalue weighted by Gasteiger charge is -2.18. The van der Waals surface area contributed by atoms with E-state index in [0.717, 1.165) is 16.4 Å². The average Bonchev–Trinajstić information content (AvgIpc) is 2.94. The van der Waals surface area contributed by atoms with Gasteiger partial charge in [-0.25, -0.2) is 0 Å². The molecule has 3 rings (SSSR count). The van der Waals surface area contributed by atoms with Gasteiger partial charge in [-0.3, -0.25) is 14.5 Å². The van der Waals surface area contributed by atoms with Crippen LogP contribution in [0.15, 0.2) is 18.2 Å². The van der Waals surface area contributed by atoms with Crippen molar-refractivity contribution in [3.05, 3.63) is 32.9 Å². The molecule has 94 valence electrons. The number of rotatable bonds is 2. The van der Waals surface area contributed by atoms with Crippen LogP contribution in [0.2, 0.25) is 0 Å². The maximum atomic E-state index is 12.3. The topological polar surface area (TPSA) is 37.4 Å². The Hall–Kier alpha value is -0.910. The first kappa shape index (κ1) is 12.1. The molecule has 0 aromatic heterocycles. The SMILES string of the molecule is O=C1c2cccc(I)c2C(=O)N1CC1CCCC1. The molecule has 0 radical (unpaired) electrons. The van der Waals surface area contributed by atoms with E-state index in [9.17, 15) is 9.59 Å². The Morgan fingerprint density at radius 2 is 1.89 bits per heavy atom. The molecule has 1 aliphatic carbocycles. The smallest absolute Gasteiger partial charge is 0.262 e. The zero-order chi connectivity index (χ0) is 12.7. The van der Waals surface area contributed by atoms with Crippen LogP contribution in [-0.2, 0) is 0 Å². The van der Waals surface area contributed by atoms with Gasteiger partial charge in [0.1, 0.15) is 0 Å². The zero-order valence-electron chi connectivity index (χ0n) is 9.99. The highest BCUT2D eigenvalue weighted by atomic mass is 127. The molecule has 1 aromatic rings. The van der Waals surface area contributed by atoms with Crippen molar-refractivity contribution in [1.82, 2.24) is 4.90 Å². The van der Waals surface area contributed by atoms with Crippen LogP contribution in [0.4, 0.5) is 0 Å². The summed E-state index contributed by atoms with van der Waals surface area (Å²) in [6.45, 7) is 0.600. The fourth-order valence-corrected chi connectivity index (χ4v) is 3.64. The number of amides is 2. The highest BCUT2D eigenvalue weighted by molar-refractivity contribution is 14.1. The molecule has 1 fully saturated rings. The Balaban J connectivity index is 1.89. The Bertz CT molecular complexity index is 521. The van der Waals surface area contributed by atoms with Crippen molar-refractivity contribution in [2.75, 3.05) is 6.54 Å². The number of nitrogens with zero attached hydrogens (tertiary/aromatic N) is 1. The second-order valence-corrected chi connectivity index (χ2v) is 6.20. The van der Waals surface area contributed by atoms with Crippen molar-refractivity contribution >= 4 is 34.4 Å². The summed E-state index contributed by atoms with van der Waals surface area (Å²) in [5, 5.41) is 0. The molecule has 0 saturated heterocycles. The fraction of sp³-hybridized carbons (Fsp3) is 0.429. The summed E-state index contributed by atoms with van der Waals surface area (Å²) in [6, 6.07) is 5.47. The van der Waals surface area contributed by atoms with Gasteiger partial charge in [0.15, 0.2) is 0 Å². The maximum Gasteiger partial charge on any atom is 0.262 e. The predicted molar refractivity (Wildman–Crippen MR) is 76.5 cm³/mol. The third-order valence-electron chi connectivity index (χ3n) is 3.86. The van der Waals surface area contributed by atoms with Crippen LogP contribution < -0.4 is 0 Å².